The molecule has 4 aliphatic heterocycles. The van der Waals surface area contributed by atoms with Gasteiger partial charge in [0, 0.05) is 133 Å². The molecule has 1 spiro atoms. The van der Waals surface area contributed by atoms with Crippen molar-refractivity contribution in [2.24, 2.45) is 16.5 Å². The molecule has 12 rings (SSSR count). The summed E-state index contributed by atoms with van der Waals surface area (Å²) in [6.45, 7) is 0.532. The number of allylic oxidation sites excluding steroid dienone is 1. The van der Waals surface area contributed by atoms with Gasteiger partial charge in [-0.25, -0.2) is 9.59 Å². The maximum absolute atomic E-state index is 15.3. The Hall–Kier alpha value is -15.9. The average molecular weight is 1810 g/mol. The largest absolute Gasteiger partial charge is 0.508 e. The Morgan fingerprint density at radius 2 is 1.09 bits per heavy atom. The van der Waals surface area contributed by atoms with Gasteiger partial charge in [0.2, 0.25) is 65.0 Å². The predicted molar refractivity (Wildman–Crippen MR) is 474 cm³/mol. The number of anilines is 1. The molecule has 8 aromatic rings. The van der Waals surface area contributed by atoms with Gasteiger partial charge in [0.1, 0.15) is 77.4 Å². The number of ether oxygens (including phenoxy) is 2. The summed E-state index contributed by atoms with van der Waals surface area (Å²) < 4.78 is 12.3. The number of esters is 1. The van der Waals surface area contributed by atoms with Gasteiger partial charge in [-0.2, -0.15) is 0 Å². The molecule has 2 bridgehead atoms. The second kappa shape index (κ2) is 43.1. The molecule has 131 heavy (non-hydrogen) atoms. The highest BCUT2D eigenvalue weighted by molar-refractivity contribution is 7.80. The van der Waals surface area contributed by atoms with Crippen LogP contribution in [0.3, 0.4) is 0 Å². The Morgan fingerprint density at radius 3 is 1.68 bits per heavy atom. The minimum absolute atomic E-state index is 0.0557. The summed E-state index contributed by atoms with van der Waals surface area (Å²) in [4.78, 5) is 236. The summed E-state index contributed by atoms with van der Waals surface area (Å²) >= 11 is 5.64. The molecule has 0 saturated heterocycles. The van der Waals surface area contributed by atoms with Gasteiger partial charge in [-0.05, 0) is 128 Å². The van der Waals surface area contributed by atoms with Gasteiger partial charge in [-0.3, -0.25) is 72.1 Å². The number of aromatic carboxylic acids is 1. The molecule has 0 radical (unpaired) electrons. The fourth-order valence-electron chi connectivity index (χ4n) is 15.5. The zero-order valence-electron chi connectivity index (χ0n) is 70.4. The molecule has 0 fully saturated rings. The topological polar surface area (TPSA) is 609 Å². The number of nitrogens with zero attached hydrogens (tertiary/aromatic N) is 1. The summed E-state index contributed by atoms with van der Waals surface area (Å²) in [5, 5.41) is 76.3. The first-order valence-corrected chi connectivity index (χ1v) is 42.2. The number of rotatable bonds is 27. The Kier molecular flexibility index (Phi) is 31.0. The van der Waals surface area contributed by atoms with Crippen LogP contribution in [0.1, 0.15) is 146 Å². The molecule has 682 valence electrons. The van der Waals surface area contributed by atoms with E-state index in [1.54, 1.807) is 121 Å². The number of aromatic amines is 1. The summed E-state index contributed by atoms with van der Waals surface area (Å²) in [5.41, 5.74) is 12.1. The number of nitrogens with two attached hydrogens (primary N) is 2. The number of amides is 13. The van der Waals surface area contributed by atoms with Crippen molar-refractivity contribution >= 4 is 135 Å². The first kappa shape index (κ1) is 94.2. The summed E-state index contributed by atoms with van der Waals surface area (Å²) in [7, 11) is 0. The SMILES string of the molecule is CC(=O)NCCCC[C@@H]1NC(=O)[C@H](CC(=O)O)NC(=O)[C@@H](Cc2ccccc2)NC(=O)[C@H](Cc2c[nH]c3ccccc23)NC(=O)c2cc(C(=O)O)cc(c2)C(=O)NCC(C(=O)N[C@@H](CCCCNC(=S)Nc2ccc3c(c2)C(=O)OC32c3ccc(O)cc3Oc3cc(O)ccc32)C(N)=O)NC(=O)[C@H](CC2=CCC=N2)NC(=O)[C@@H](CC(N)=O)NC(=O)[C@@H](Cc2ccccc2)NC1=O. The van der Waals surface area contributed by atoms with Crippen LogP contribution in [0.5, 0.6) is 23.0 Å². The van der Waals surface area contributed by atoms with Gasteiger partial charge in [0.25, 0.3) is 11.8 Å². The molecule has 1 aromatic heterocycles. The monoisotopic (exact) mass is 1810 g/mol. The van der Waals surface area contributed by atoms with E-state index in [1.165, 1.54) is 43.5 Å². The number of thiocarbonyl (C=S) groups is 1. The van der Waals surface area contributed by atoms with E-state index in [2.05, 4.69) is 79.1 Å². The van der Waals surface area contributed by atoms with Gasteiger partial charge in [-0.15, -0.1) is 0 Å². The number of aliphatic imine (C=N–C) groups is 1. The molecule has 40 heteroatoms. The highest BCUT2D eigenvalue weighted by Gasteiger charge is 2.54. The molecule has 0 aliphatic carbocycles. The van der Waals surface area contributed by atoms with Crippen LogP contribution in [0.25, 0.3) is 10.9 Å². The van der Waals surface area contributed by atoms with Gasteiger partial charge < -0.3 is 115 Å². The number of para-hydroxylation sites is 1. The molecule has 39 nitrogen and oxygen atoms in total. The minimum atomic E-state index is -2.05. The number of aliphatic carboxylic acids is 1. The predicted octanol–water partition coefficient (Wildman–Crippen LogP) is 2.34. The third kappa shape index (κ3) is 24.5. The normalized spacial score (nSPS) is 19.7. The van der Waals surface area contributed by atoms with Crippen LogP contribution in [0.4, 0.5) is 5.69 Å². The van der Waals surface area contributed by atoms with Crippen molar-refractivity contribution in [3.8, 4) is 23.0 Å². The van der Waals surface area contributed by atoms with Crippen LogP contribution >= 0.6 is 12.2 Å². The summed E-state index contributed by atoms with van der Waals surface area (Å²) in [6.07, 6.45) is 1.27. The number of carbonyl (C=O) groups excluding carboxylic acids is 14. The number of unbranched alkanes of at least 4 members (excludes halogenated alkanes) is 2. The summed E-state index contributed by atoms with van der Waals surface area (Å²) in [5.74, 6) is -18.4. The number of primary amides is 2. The molecular formula is C91H95N17O22S. The van der Waals surface area contributed by atoms with E-state index in [0.29, 0.717) is 50.0 Å². The number of hydrogen-bond acceptors (Lipinski definition) is 22. The van der Waals surface area contributed by atoms with E-state index < -0.39 is 197 Å². The molecule has 13 amide bonds. The van der Waals surface area contributed by atoms with Crippen LogP contribution in [-0.2, 0) is 87.1 Å². The number of aromatic nitrogens is 1. The lowest BCUT2D eigenvalue weighted by atomic mass is 9.77. The molecule has 4 aliphatic rings. The maximum Gasteiger partial charge on any atom is 0.340 e. The van der Waals surface area contributed by atoms with E-state index >= 15 is 28.8 Å². The fourth-order valence-corrected chi connectivity index (χ4v) is 15.7. The molecule has 0 saturated carbocycles. The Balaban J connectivity index is 0.849. The van der Waals surface area contributed by atoms with Crippen molar-refractivity contribution in [3.63, 3.8) is 0 Å². The van der Waals surface area contributed by atoms with Crippen LogP contribution < -0.4 is 85.3 Å². The fraction of sp³-hybridized carbons (Fsp3) is 0.297. The van der Waals surface area contributed by atoms with Crippen LogP contribution in [-0.4, -0.2) is 205 Å². The number of carboxylic acids is 2. The Morgan fingerprint density at radius 1 is 0.557 bits per heavy atom. The maximum atomic E-state index is 15.3. The number of fused-ring (bicyclic) bond motifs is 9. The van der Waals surface area contributed by atoms with Crippen molar-refractivity contribution in [1.82, 2.24) is 68.8 Å². The number of benzene rings is 7. The second-order valence-electron chi connectivity index (χ2n) is 31.5. The van der Waals surface area contributed by atoms with E-state index in [1.807, 2.05) is 0 Å². The molecule has 9 atom stereocenters. The summed E-state index contributed by atoms with van der Waals surface area (Å²) in [6, 6.07) is 22.8. The van der Waals surface area contributed by atoms with E-state index in [0.717, 1.165) is 18.2 Å². The molecular weight excluding hydrogens is 1720 g/mol. The third-order valence-corrected chi connectivity index (χ3v) is 22.2. The highest BCUT2D eigenvalue weighted by atomic mass is 32.1. The van der Waals surface area contributed by atoms with Crippen molar-refractivity contribution < 1.29 is 107 Å². The zero-order valence-corrected chi connectivity index (χ0v) is 71.2. The Labute approximate surface area is 752 Å². The highest BCUT2D eigenvalue weighted by Crippen LogP contribution is 2.57. The minimum Gasteiger partial charge on any atom is -0.508 e. The van der Waals surface area contributed by atoms with Gasteiger partial charge in [0.05, 0.1) is 24.0 Å². The quantitative estimate of drug-likeness (QED) is 0.0200. The van der Waals surface area contributed by atoms with Gasteiger partial charge in [-0.1, -0.05) is 91.0 Å². The number of H-pyrrole nitrogens is 1. The lowest BCUT2D eigenvalue weighted by Gasteiger charge is -2.36. The lowest BCUT2D eigenvalue weighted by Crippen LogP contribution is -2.62. The number of nitrogens with one attached hydrogen (secondary N) is 14. The molecule has 5 heterocycles. The van der Waals surface area contributed by atoms with Crippen molar-refractivity contribution in [3.05, 3.63) is 231 Å². The van der Waals surface area contributed by atoms with Gasteiger partial charge >= 0.3 is 17.9 Å². The average Bonchev–Trinajstić information content (AvgIpc) is 1.56. The van der Waals surface area contributed by atoms with Crippen LogP contribution in [0, 0.1) is 0 Å². The number of carboxylic acid groups (broad SMARTS) is 2. The van der Waals surface area contributed by atoms with Crippen molar-refractivity contribution in [1.29, 1.82) is 0 Å². The van der Waals surface area contributed by atoms with E-state index in [9.17, 15) is 68.4 Å². The zero-order chi connectivity index (χ0) is 93.7. The number of carbonyl (C=O) groups is 16. The molecule has 22 N–H and O–H groups in total. The van der Waals surface area contributed by atoms with E-state index in [4.69, 9.17) is 33.2 Å². The van der Waals surface area contributed by atoms with E-state index in [-0.39, 0.29) is 117 Å². The standard InChI is InChI=1S/C91H95N17O22S/c1-47(109)94-30-12-11-23-65-80(118)103-66(33-48-15-4-2-5-16-48)81(119)106-70(43-75(92)112)85(123)105-69(40-54-19-14-32-95-54)84(122)108-72(87(125)100-64(77(93)115)22-10-13-31-96-90(131)99-55-24-27-60-59(39-55)89(128)130-91(60)61-28-25-56(110)41-73(61)129-74-42-57(111)26-29-62(74)91)46-98-78(116)50-35-51(37-52(36-50)88(126)127)79(117)102-68(38-53-45-97-63-21-9-8-20-58(53)63)83(121)104-67(34-49-17-6-3-7-18-49)82(120)107-71(44-76(113)114)86(124)101-65/h2-9,15-21,24-29,32,35-37,39,41-42,45,64-72,97,110-111H,10-14,22-23,30-31,33-34,38,40,43-44,46H2,1H3,(H2,92,112)(H2,93,115)(H,94,109)(H,98,116)(H,100,125)(H,101,124)(H,102,117)(H,103,118)(H,104,121)(H,105,123)(H,106,119)(H,107,120)(H,108,122)(H,113,114)(H,126,127)(H2,96,99,131)/t64-,65-,66+,67+,68-,69-,70+,71-,72?/m0/s1. The van der Waals surface area contributed by atoms with Crippen LogP contribution in [0.15, 0.2) is 181 Å². The first-order valence-electron chi connectivity index (χ1n) is 41.8. The molecule has 7 aromatic carbocycles. The second-order valence-corrected chi connectivity index (χ2v) is 31.9. The Bertz CT molecular complexity index is 5820. The number of aromatic hydroxyl groups is 2. The first-order chi connectivity index (χ1) is 62.7. The smallest absolute Gasteiger partial charge is 0.340 e. The molecule has 1 unspecified atom stereocenters. The number of phenolic OH excluding ortho intramolecular Hbond substituents is 2. The van der Waals surface area contributed by atoms with Gasteiger partial charge in [0.15, 0.2) is 10.7 Å². The van der Waals surface area contributed by atoms with Crippen molar-refractivity contribution in [2.45, 2.75) is 150 Å². The lowest BCUT2D eigenvalue weighted by molar-refractivity contribution is -0.141. The van der Waals surface area contributed by atoms with Crippen molar-refractivity contribution in [2.75, 3.05) is 25.0 Å². The number of phenols is 2. The van der Waals surface area contributed by atoms with Crippen LogP contribution in [0.2, 0.25) is 0 Å². The number of hydrogen-bond donors (Lipinski definition) is 20. The third-order valence-electron chi connectivity index (χ3n) is 22.0.